The van der Waals surface area contributed by atoms with Crippen molar-refractivity contribution in [2.45, 2.75) is 0 Å². The van der Waals surface area contributed by atoms with Crippen molar-refractivity contribution in [1.29, 1.82) is 0 Å². The summed E-state index contributed by atoms with van der Waals surface area (Å²) >= 11 is 3.09. The maximum atomic E-state index is 13.2. The standard InChI is InChI=1S/C11H8BrFN6O/c12-7-3-5(1-2-8(7)13)20-10-6-4-15-19-9(6)16-11(17-10)18-14/h1-4H,14H2,(H2,15,16,17,18,19). The molecule has 0 aliphatic rings. The van der Waals surface area contributed by atoms with Crippen LogP contribution in [0.25, 0.3) is 11.0 Å². The van der Waals surface area contributed by atoms with Crippen molar-refractivity contribution in [2.75, 3.05) is 5.43 Å². The second kappa shape index (κ2) is 5.02. The Hall–Kier alpha value is -2.26. The summed E-state index contributed by atoms with van der Waals surface area (Å²) in [6, 6.07) is 4.28. The molecule has 4 N–H and O–H groups in total. The summed E-state index contributed by atoms with van der Waals surface area (Å²) in [7, 11) is 0. The Morgan fingerprint density at radius 1 is 1.35 bits per heavy atom. The molecule has 0 bridgehead atoms. The second-order valence-corrected chi connectivity index (χ2v) is 4.66. The zero-order valence-electron chi connectivity index (χ0n) is 9.89. The van der Waals surface area contributed by atoms with Crippen molar-refractivity contribution in [3.8, 4) is 11.6 Å². The van der Waals surface area contributed by atoms with Gasteiger partial charge in [-0.05, 0) is 34.1 Å². The molecule has 3 rings (SSSR count). The van der Waals surface area contributed by atoms with Crippen LogP contribution in [0.2, 0.25) is 0 Å². The number of H-pyrrole nitrogens is 1. The van der Waals surface area contributed by atoms with Gasteiger partial charge >= 0.3 is 0 Å². The molecule has 0 aliphatic carbocycles. The molecule has 0 radical (unpaired) electrons. The van der Waals surface area contributed by atoms with E-state index in [1.165, 1.54) is 24.4 Å². The number of nitrogens with zero attached hydrogens (tertiary/aromatic N) is 3. The lowest BCUT2D eigenvalue weighted by Crippen LogP contribution is -2.10. The Morgan fingerprint density at radius 2 is 2.20 bits per heavy atom. The molecule has 1 aromatic carbocycles. The van der Waals surface area contributed by atoms with Crippen molar-refractivity contribution in [2.24, 2.45) is 5.84 Å². The van der Waals surface area contributed by atoms with Gasteiger partial charge in [-0.15, -0.1) is 0 Å². The third-order valence-corrected chi connectivity index (χ3v) is 3.12. The first-order valence-electron chi connectivity index (χ1n) is 5.48. The van der Waals surface area contributed by atoms with Crippen LogP contribution in [0.3, 0.4) is 0 Å². The highest BCUT2D eigenvalue weighted by Crippen LogP contribution is 2.29. The lowest BCUT2D eigenvalue weighted by molar-refractivity contribution is 0.466. The number of rotatable bonds is 3. The average Bonchev–Trinajstić information content (AvgIpc) is 2.91. The fourth-order valence-corrected chi connectivity index (χ4v) is 1.96. The van der Waals surface area contributed by atoms with Gasteiger partial charge in [0.25, 0.3) is 0 Å². The van der Waals surface area contributed by atoms with E-state index in [0.29, 0.717) is 21.3 Å². The monoisotopic (exact) mass is 338 g/mol. The normalized spacial score (nSPS) is 10.8. The molecule has 7 nitrogen and oxygen atoms in total. The summed E-state index contributed by atoms with van der Waals surface area (Å²) in [5.41, 5.74) is 2.81. The first-order chi connectivity index (χ1) is 9.67. The number of aromatic amines is 1. The summed E-state index contributed by atoms with van der Waals surface area (Å²) in [5, 5.41) is 7.15. The zero-order valence-corrected chi connectivity index (χ0v) is 11.5. The predicted molar refractivity (Wildman–Crippen MR) is 73.7 cm³/mol. The van der Waals surface area contributed by atoms with Gasteiger partial charge in [0.1, 0.15) is 17.0 Å². The van der Waals surface area contributed by atoms with Crippen LogP contribution < -0.4 is 16.0 Å². The fourth-order valence-electron chi connectivity index (χ4n) is 1.60. The molecular formula is C11H8BrFN6O. The van der Waals surface area contributed by atoms with Gasteiger partial charge < -0.3 is 4.74 Å². The van der Waals surface area contributed by atoms with Gasteiger partial charge in [0.05, 0.1) is 10.7 Å². The average molecular weight is 339 g/mol. The molecule has 9 heteroatoms. The van der Waals surface area contributed by atoms with E-state index in [9.17, 15) is 4.39 Å². The number of fused-ring (bicyclic) bond motifs is 1. The Morgan fingerprint density at radius 3 is 2.95 bits per heavy atom. The summed E-state index contributed by atoms with van der Waals surface area (Å²) in [6.45, 7) is 0. The van der Waals surface area contributed by atoms with Crippen LogP contribution in [-0.2, 0) is 0 Å². The molecule has 20 heavy (non-hydrogen) atoms. The number of nitrogens with two attached hydrogens (primary N) is 1. The zero-order chi connectivity index (χ0) is 14.1. The van der Waals surface area contributed by atoms with Crippen LogP contribution in [-0.4, -0.2) is 20.2 Å². The highest BCUT2D eigenvalue weighted by atomic mass is 79.9. The maximum Gasteiger partial charge on any atom is 0.242 e. The van der Waals surface area contributed by atoms with E-state index in [2.05, 4.69) is 41.5 Å². The van der Waals surface area contributed by atoms with Crippen molar-refractivity contribution in [1.82, 2.24) is 20.2 Å². The minimum atomic E-state index is -0.377. The molecule has 2 heterocycles. The lowest BCUT2D eigenvalue weighted by atomic mass is 10.3. The predicted octanol–water partition coefficient (Wildman–Crippen LogP) is 2.33. The number of hydrogen-bond acceptors (Lipinski definition) is 6. The minimum absolute atomic E-state index is 0.179. The minimum Gasteiger partial charge on any atom is -0.438 e. The van der Waals surface area contributed by atoms with Crippen molar-refractivity contribution >= 4 is 32.9 Å². The smallest absolute Gasteiger partial charge is 0.242 e. The quantitative estimate of drug-likeness (QED) is 0.500. The Kier molecular flexibility index (Phi) is 3.20. The van der Waals surface area contributed by atoms with E-state index >= 15 is 0 Å². The van der Waals surface area contributed by atoms with Crippen molar-refractivity contribution in [3.05, 3.63) is 34.7 Å². The molecule has 0 saturated heterocycles. The molecular weight excluding hydrogens is 331 g/mol. The van der Waals surface area contributed by atoms with Crippen molar-refractivity contribution in [3.63, 3.8) is 0 Å². The third-order valence-electron chi connectivity index (χ3n) is 2.51. The molecule has 0 spiro atoms. The second-order valence-electron chi connectivity index (χ2n) is 3.81. The molecule has 0 aliphatic heterocycles. The summed E-state index contributed by atoms with van der Waals surface area (Å²) in [5.74, 6) is 5.77. The van der Waals surface area contributed by atoms with Crippen LogP contribution in [0, 0.1) is 5.82 Å². The topological polar surface area (TPSA) is 102 Å². The number of hydrazine groups is 1. The Balaban J connectivity index is 2.04. The van der Waals surface area contributed by atoms with E-state index in [4.69, 9.17) is 10.6 Å². The molecule has 0 amide bonds. The summed E-state index contributed by atoms with van der Waals surface area (Å²) in [6.07, 6.45) is 1.53. The summed E-state index contributed by atoms with van der Waals surface area (Å²) in [4.78, 5) is 8.17. The van der Waals surface area contributed by atoms with Crippen molar-refractivity contribution < 1.29 is 9.13 Å². The van der Waals surface area contributed by atoms with Crippen LogP contribution in [0.15, 0.2) is 28.9 Å². The first kappa shape index (κ1) is 12.8. The maximum absolute atomic E-state index is 13.2. The number of nitrogens with one attached hydrogen (secondary N) is 2. The third kappa shape index (κ3) is 2.28. The largest absolute Gasteiger partial charge is 0.438 e. The number of nitrogen functional groups attached to an aromatic ring is 1. The van der Waals surface area contributed by atoms with Gasteiger partial charge in [-0.2, -0.15) is 15.1 Å². The van der Waals surface area contributed by atoms with Crippen LogP contribution in [0.1, 0.15) is 0 Å². The van der Waals surface area contributed by atoms with Crippen LogP contribution in [0.4, 0.5) is 10.3 Å². The molecule has 0 unspecified atom stereocenters. The molecule has 3 aromatic rings. The highest BCUT2D eigenvalue weighted by Gasteiger charge is 2.12. The lowest BCUT2D eigenvalue weighted by Gasteiger charge is -2.07. The van der Waals surface area contributed by atoms with Gasteiger partial charge in [-0.25, -0.2) is 10.2 Å². The number of benzene rings is 1. The SMILES string of the molecule is NNc1nc(Oc2ccc(F)c(Br)c2)c2cn[nH]c2n1. The Labute approximate surface area is 120 Å². The molecule has 2 aromatic heterocycles. The highest BCUT2D eigenvalue weighted by molar-refractivity contribution is 9.10. The van der Waals surface area contributed by atoms with Gasteiger partial charge in [0, 0.05) is 0 Å². The number of anilines is 1. The fraction of sp³-hybridized carbons (Fsp3) is 0. The number of hydrogen-bond donors (Lipinski definition) is 3. The van der Waals surface area contributed by atoms with Crippen LogP contribution in [0.5, 0.6) is 11.6 Å². The molecule has 0 saturated carbocycles. The van der Waals surface area contributed by atoms with E-state index in [-0.39, 0.29) is 17.6 Å². The van der Waals surface area contributed by atoms with E-state index in [0.717, 1.165) is 0 Å². The molecule has 102 valence electrons. The van der Waals surface area contributed by atoms with E-state index in [1.807, 2.05) is 0 Å². The number of aromatic nitrogens is 4. The van der Waals surface area contributed by atoms with Gasteiger partial charge in [-0.3, -0.25) is 10.5 Å². The van der Waals surface area contributed by atoms with Gasteiger partial charge in [0.2, 0.25) is 11.8 Å². The molecule has 0 atom stereocenters. The molecule has 0 fully saturated rings. The van der Waals surface area contributed by atoms with Gasteiger partial charge in [0.15, 0.2) is 5.65 Å². The first-order valence-corrected chi connectivity index (χ1v) is 6.27. The number of halogens is 2. The van der Waals surface area contributed by atoms with E-state index in [1.54, 1.807) is 0 Å². The van der Waals surface area contributed by atoms with Crippen LogP contribution >= 0.6 is 15.9 Å². The van der Waals surface area contributed by atoms with E-state index < -0.39 is 0 Å². The summed E-state index contributed by atoms with van der Waals surface area (Å²) < 4.78 is 19.1. The Bertz CT molecular complexity index is 777. The van der Waals surface area contributed by atoms with Gasteiger partial charge in [-0.1, -0.05) is 0 Å². The number of ether oxygens (including phenoxy) is 1.